The number of aromatic amines is 1. The molecule has 0 saturated carbocycles. The van der Waals surface area contributed by atoms with Crippen molar-refractivity contribution in [1.29, 1.82) is 5.26 Å². The van der Waals surface area contributed by atoms with Gasteiger partial charge in [0.25, 0.3) is 5.56 Å². The van der Waals surface area contributed by atoms with Crippen LogP contribution in [0.5, 0.6) is 0 Å². The number of nitriles is 1. The van der Waals surface area contributed by atoms with Gasteiger partial charge in [-0.2, -0.15) is 5.26 Å². The zero-order chi connectivity index (χ0) is 14.1. The highest BCUT2D eigenvalue weighted by Crippen LogP contribution is 2.14. The van der Waals surface area contributed by atoms with Crippen LogP contribution >= 0.6 is 11.6 Å². The summed E-state index contributed by atoms with van der Waals surface area (Å²) >= 11 is 6.06. The molecule has 0 bridgehead atoms. The fourth-order valence-electron chi connectivity index (χ4n) is 2.08. The predicted molar refractivity (Wildman–Crippen MR) is 75.6 cm³/mol. The van der Waals surface area contributed by atoms with Crippen LogP contribution in [-0.4, -0.2) is 14.5 Å². The highest BCUT2D eigenvalue weighted by molar-refractivity contribution is 6.28. The highest BCUT2D eigenvalue weighted by Gasteiger charge is 2.11. The minimum Gasteiger partial charge on any atom is -0.346 e. The average molecular weight is 285 g/mol. The monoisotopic (exact) mass is 284 g/mol. The van der Waals surface area contributed by atoms with Gasteiger partial charge in [0.2, 0.25) is 5.28 Å². The van der Waals surface area contributed by atoms with E-state index in [0.717, 1.165) is 5.56 Å². The van der Waals surface area contributed by atoms with Gasteiger partial charge in [0, 0.05) is 6.20 Å². The van der Waals surface area contributed by atoms with Crippen molar-refractivity contribution >= 4 is 22.6 Å². The largest absolute Gasteiger partial charge is 0.346 e. The number of hydrogen-bond donors (Lipinski definition) is 1. The van der Waals surface area contributed by atoms with Crippen molar-refractivity contribution in [3.05, 3.63) is 63.3 Å². The van der Waals surface area contributed by atoms with Gasteiger partial charge < -0.3 is 4.98 Å². The maximum absolute atomic E-state index is 12.3. The molecule has 0 amide bonds. The lowest BCUT2D eigenvalue weighted by Crippen LogP contribution is -2.22. The van der Waals surface area contributed by atoms with Crippen LogP contribution in [-0.2, 0) is 6.54 Å². The molecule has 3 rings (SSSR count). The Hall–Kier alpha value is -2.58. The predicted octanol–water partition coefficient (Wildman–Crippen LogP) is 2.30. The topological polar surface area (TPSA) is 74.5 Å². The molecule has 1 N–H and O–H groups in total. The van der Waals surface area contributed by atoms with Crippen molar-refractivity contribution in [1.82, 2.24) is 14.5 Å². The summed E-state index contributed by atoms with van der Waals surface area (Å²) in [5.41, 5.74) is 1.49. The number of fused-ring (bicyclic) bond motifs is 1. The molecule has 0 aliphatic rings. The van der Waals surface area contributed by atoms with E-state index >= 15 is 0 Å². The van der Waals surface area contributed by atoms with Crippen LogP contribution in [0.1, 0.15) is 11.1 Å². The summed E-state index contributed by atoms with van der Waals surface area (Å²) in [7, 11) is 0. The number of benzene rings is 1. The Labute approximate surface area is 119 Å². The molecule has 6 heteroatoms. The molecule has 0 atom stereocenters. The third kappa shape index (κ3) is 1.96. The van der Waals surface area contributed by atoms with Gasteiger partial charge in [0.05, 0.1) is 23.6 Å². The number of nitrogens with zero attached hydrogens (tertiary/aromatic N) is 3. The van der Waals surface area contributed by atoms with Crippen LogP contribution in [0.25, 0.3) is 11.0 Å². The number of halogens is 1. The zero-order valence-corrected chi connectivity index (χ0v) is 11.1. The molecule has 3 aromatic rings. The Morgan fingerprint density at radius 1 is 1.35 bits per heavy atom. The maximum atomic E-state index is 12.3. The van der Waals surface area contributed by atoms with Crippen LogP contribution in [0.4, 0.5) is 0 Å². The van der Waals surface area contributed by atoms with E-state index in [9.17, 15) is 4.79 Å². The molecule has 98 valence electrons. The SMILES string of the molecule is N#Cc1ccccc1Cn1c(Cl)nc2[nH]ccc2c1=O. The Kier molecular flexibility index (Phi) is 3.01. The zero-order valence-electron chi connectivity index (χ0n) is 10.3. The van der Waals surface area contributed by atoms with Crippen LogP contribution in [0.15, 0.2) is 41.3 Å². The summed E-state index contributed by atoms with van der Waals surface area (Å²) in [6.45, 7) is 0.218. The third-order valence-electron chi connectivity index (χ3n) is 3.09. The second-order valence-corrected chi connectivity index (χ2v) is 4.62. The lowest BCUT2D eigenvalue weighted by Gasteiger charge is -2.09. The molecule has 20 heavy (non-hydrogen) atoms. The Balaban J connectivity index is 2.16. The molecule has 0 aliphatic heterocycles. The van der Waals surface area contributed by atoms with Crippen molar-refractivity contribution in [2.75, 3.05) is 0 Å². The van der Waals surface area contributed by atoms with Crippen LogP contribution < -0.4 is 5.56 Å². The first-order valence-electron chi connectivity index (χ1n) is 5.92. The van der Waals surface area contributed by atoms with Gasteiger partial charge in [-0.15, -0.1) is 0 Å². The van der Waals surface area contributed by atoms with E-state index in [1.807, 2.05) is 6.07 Å². The maximum Gasteiger partial charge on any atom is 0.264 e. The van der Waals surface area contributed by atoms with Crippen molar-refractivity contribution in [2.45, 2.75) is 6.54 Å². The van der Waals surface area contributed by atoms with E-state index in [1.54, 1.807) is 30.5 Å². The summed E-state index contributed by atoms with van der Waals surface area (Å²) in [5, 5.41) is 9.65. The second-order valence-electron chi connectivity index (χ2n) is 4.28. The molecule has 0 unspecified atom stereocenters. The number of aromatic nitrogens is 3. The number of rotatable bonds is 2. The van der Waals surface area contributed by atoms with Crippen molar-refractivity contribution in [3.63, 3.8) is 0 Å². The van der Waals surface area contributed by atoms with Gasteiger partial charge in [0.15, 0.2) is 0 Å². The molecule has 2 heterocycles. The van der Waals surface area contributed by atoms with E-state index in [2.05, 4.69) is 16.0 Å². The van der Waals surface area contributed by atoms with E-state index in [4.69, 9.17) is 16.9 Å². The Bertz CT molecular complexity index is 888. The normalized spacial score (nSPS) is 10.6. The van der Waals surface area contributed by atoms with Crippen LogP contribution in [0.2, 0.25) is 5.28 Å². The van der Waals surface area contributed by atoms with E-state index in [0.29, 0.717) is 16.6 Å². The summed E-state index contributed by atoms with van der Waals surface area (Å²) in [6, 6.07) is 10.9. The van der Waals surface area contributed by atoms with Gasteiger partial charge in [-0.25, -0.2) is 4.98 Å². The van der Waals surface area contributed by atoms with Crippen LogP contribution in [0.3, 0.4) is 0 Å². The average Bonchev–Trinajstić information content (AvgIpc) is 2.92. The minimum absolute atomic E-state index is 0.0951. The van der Waals surface area contributed by atoms with Crippen molar-refractivity contribution in [2.24, 2.45) is 0 Å². The van der Waals surface area contributed by atoms with Gasteiger partial charge >= 0.3 is 0 Å². The highest BCUT2D eigenvalue weighted by atomic mass is 35.5. The quantitative estimate of drug-likeness (QED) is 0.734. The lowest BCUT2D eigenvalue weighted by molar-refractivity contribution is 0.747. The molecule has 0 aliphatic carbocycles. The molecule has 0 saturated heterocycles. The molecular formula is C14H9ClN4O. The molecule has 1 aromatic carbocycles. The fraction of sp³-hybridized carbons (Fsp3) is 0.0714. The van der Waals surface area contributed by atoms with Gasteiger partial charge in [0.1, 0.15) is 5.65 Å². The van der Waals surface area contributed by atoms with Crippen molar-refractivity contribution < 1.29 is 0 Å². The smallest absolute Gasteiger partial charge is 0.264 e. The number of H-pyrrole nitrogens is 1. The number of nitrogens with one attached hydrogen (secondary N) is 1. The molecular weight excluding hydrogens is 276 g/mol. The van der Waals surface area contributed by atoms with Gasteiger partial charge in [-0.05, 0) is 29.3 Å². The molecule has 0 radical (unpaired) electrons. The first-order chi connectivity index (χ1) is 9.70. The third-order valence-corrected chi connectivity index (χ3v) is 3.38. The standard InChI is InChI=1S/C14H9ClN4O/c15-14-18-12-11(5-6-17-12)13(20)19(14)8-10-4-2-1-3-9(10)7-16/h1-6,17H,8H2. The summed E-state index contributed by atoms with van der Waals surface area (Å²) in [6.07, 6.45) is 1.64. The van der Waals surface area contributed by atoms with E-state index in [-0.39, 0.29) is 17.4 Å². The molecule has 5 nitrogen and oxygen atoms in total. The number of hydrogen-bond acceptors (Lipinski definition) is 3. The molecule has 2 aromatic heterocycles. The van der Waals surface area contributed by atoms with E-state index < -0.39 is 0 Å². The Morgan fingerprint density at radius 2 is 2.15 bits per heavy atom. The lowest BCUT2D eigenvalue weighted by atomic mass is 10.1. The minimum atomic E-state index is -0.228. The second kappa shape index (κ2) is 4.83. The van der Waals surface area contributed by atoms with Crippen molar-refractivity contribution in [3.8, 4) is 6.07 Å². The first-order valence-corrected chi connectivity index (χ1v) is 6.30. The summed E-state index contributed by atoms with van der Waals surface area (Å²) in [4.78, 5) is 19.3. The summed E-state index contributed by atoms with van der Waals surface area (Å²) < 4.78 is 1.36. The van der Waals surface area contributed by atoms with Crippen LogP contribution in [0, 0.1) is 11.3 Å². The molecule has 0 spiro atoms. The first kappa shape index (κ1) is 12.5. The van der Waals surface area contributed by atoms with Gasteiger partial charge in [-0.1, -0.05) is 18.2 Å². The Morgan fingerprint density at radius 3 is 2.95 bits per heavy atom. The fourth-order valence-corrected chi connectivity index (χ4v) is 2.30. The summed E-state index contributed by atoms with van der Waals surface area (Å²) in [5.74, 6) is 0. The molecule has 0 fully saturated rings. The van der Waals surface area contributed by atoms with Gasteiger partial charge in [-0.3, -0.25) is 9.36 Å². The van der Waals surface area contributed by atoms with E-state index in [1.165, 1.54) is 4.57 Å².